The third kappa shape index (κ3) is 2.82. The summed E-state index contributed by atoms with van der Waals surface area (Å²) in [6, 6.07) is 2.59. The lowest BCUT2D eigenvalue weighted by atomic mass is 9.78. The minimum Gasteiger partial charge on any atom is -0.366 e. The number of nitrogens with zero attached hydrogens (tertiary/aromatic N) is 1. The molecule has 1 fully saturated rings. The molecule has 1 saturated carbocycles. The normalized spacial score (nSPS) is 29.1. The maximum absolute atomic E-state index is 4.43. The number of nitrogens with one attached hydrogen (secondary N) is 1. The fourth-order valence-electron chi connectivity index (χ4n) is 2.60. The molecule has 17 heavy (non-hydrogen) atoms. The highest BCUT2D eigenvalue weighted by Gasteiger charge is 2.27. The highest BCUT2D eigenvalue weighted by molar-refractivity contribution is 9.10. The fraction of sp³-hybridized carbons (Fsp3) is 0.643. The maximum atomic E-state index is 4.43. The second kappa shape index (κ2) is 5.38. The summed E-state index contributed by atoms with van der Waals surface area (Å²) in [5.41, 5.74) is 1.24. The van der Waals surface area contributed by atoms with Crippen molar-refractivity contribution in [1.82, 2.24) is 4.98 Å². The minimum atomic E-state index is 0.560. The van der Waals surface area contributed by atoms with E-state index in [1.54, 1.807) is 0 Å². The fourth-order valence-corrected chi connectivity index (χ4v) is 2.95. The Morgan fingerprint density at radius 2 is 2.12 bits per heavy atom. The molecule has 0 saturated heterocycles. The van der Waals surface area contributed by atoms with Crippen LogP contribution in [0.4, 0.5) is 5.82 Å². The Labute approximate surface area is 112 Å². The van der Waals surface area contributed by atoms with Gasteiger partial charge in [-0.3, -0.25) is 0 Å². The van der Waals surface area contributed by atoms with Crippen LogP contribution in [0.5, 0.6) is 0 Å². The van der Waals surface area contributed by atoms with Gasteiger partial charge in [0.05, 0.1) is 4.47 Å². The molecule has 0 bridgehead atoms. The molecular formula is C14H21BrN2. The van der Waals surface area contributed by atoms with Crippen LogP contribution in [-0.4, -0.2) is 11.0 Å². The zero-order valence-corrected chi connectivity index (χ0v) is 12.4. The molecule has 1 N–H and O–H groups in total. The van der Waals surface area contributed by atoms with E-state index in [-0.39, 0.29) is 0 Å². The van der Waals surface area contributed by atoms with Gasteiger partial charge in [-0.15, -0.1) is 0 Å². The molecule has 1 aromatic rings. The van der Waals surface area contributed by atoms with Crippen molar-refractivity contribution in [2.24, 2.45) is 11.8 Å². The van der Waals surface area contributed by atoms with E-state index in [1.165, 1.54) is 24.8 Å². The molecule has 1 aliphatic rings. The van der Waals surface area contributed by atoms with Crippen LogP contribution < -0.4 is 5.32 Å². The third-order valence-corrected chi connectivity index (χ3v) is 5.11. The Balaban J connectivity index is 2.12. The lowest BCUT2D eigenvalue weighted by Crippen LogP contribution is -2.35. The molecule has 3 heteroatoms. The molecule has 1 aliphatic carbocycles. The average molecular weight is 297 g/mol. The van der Waals surface area contributed by atoms with E-state index in [1.807, 2.05) is 12.3 Å². The molecule has 0 spiro atoms. The number of hydrogen-bond donors (Lipinski definition) is 1. The summed E-state index contributed by atoms with van der Waals surface area (Å²) in [4.78, 5) is 4.43. The number of aryl methyl sites for hydroxylation is 1. The van der Waals surface area contributed by atoms with Crippen LogP contribution in [0.25, 0.3) is 0 Å². The van der Waals surface area contributed by atoms with E-state index >= 15 is 0 Å². The molecule has 0 aromatic carbocycles. The monoisotopic (exact) mass is 296 g/mol. The van der Waals surface area contributed by atoms with Crippen molar-refractivity contribution < 1.29 is 0 Å². The van der Waals surface area contributed by atoms with Gasteiger partial charge in [0.25, 0.3) is 0 Å². The molecule has 94 valence electrons. The Hall–Kier alpha value is -0.570. The van der Waals surface area contributed by atoms with Crippen LogP contribution in [0.1, 0.15) is 38.7 Å². The van der Waals surface area contributed by atoms with Crippen molar-refractivity contribution in [2.75, 3.05) is 5.32 Å². The van der Waals surface area contributed by atoms with Gasteiger partial charge >= 0.3 is 0 Å². The molecule has 3 unspecified atom stereocenters. The molecule has 1 heterocycles. The predicted molar refractivity (Wildman–Crippen MR) is 76.3 cm³/mol. The summed E-state index contributed by atoms with van der Waals surface area (Å²) in [5.74, 6) is 2.53. The molecule has 2 nitrogen and oxygen atoms in total. The van der Waals surface area contributed by atoms with Gasteiger partial charge < -0.3 is 5.32 Å². The largest absolute Gasteiger partial charge is 0.366 e. The number of hydrogen-bond acceptors (Lipinski definition) is 2. The van der Waals surface area contributed by atoms with Crippen LogP contribution in [0.15, 0.2) is 16.7 Å². The number of aromatic nitrogens is 1. The Kier molecular flexibility index (Phi) is 4.08. The third-order valence-electron chi connectivity index (χ3n) is 4.11. The highest BCUT2D eigenvalue weighted by atomic mass is 79.9. The molecule has 3 atom stereocenters. The van der Waals surface area contributed by atoms with Gasteiger partial charge in [0.1, 0.15) is 5.82 Å². The van der Waals surface area contributed by atoms with Gasteiger partial charge in [-0.05, 0) is 52.7 Å². The van der Waals surface area contributed by atoms with Gasteiger partial charge in [0.2, 0.25) is 0 Å². The number of anilines is 1. The number of pyridine rings is 1. The van der Waals surface area contributed by atoms with E-state index in [9.17, 15) is 0 Å². The number of rotatable bonds is 2. The van der Waals surface area contributed by atoms with E-state index < -0.39 is 0 Å². The van der Waals surface area contributed by atoms with Crippen molar-refractivity contribution in [1.29, 1.82) is 0 Å². The van der Waals surface area contributed by atoms with Gasteiger partial charge in [-0.2, -0.15) is 0 Å². The second-order valence-corrected chi connectivity index (χ2v) is 6.10. The Morgan fingerprint density at radius 1 is 1.35 bits per heavy atom. The van der Waals surface area contributed by atoms with Crippen LogP contribution in [0.3, 0.4) is 0 Å². The van der Waals surface area contributed by atoms with Gasteiger partial charge in [-0.1, -0.05) is 26.7 Å². The first-order valence-corrected chi connectivity index (χ1v) is 7.26. The average Bonchev–Trinajstić information content (AvgIpc) is 2.31. The van der Waals surface area contributed by atoms with Crippen molar-refractivity contribution in [3.05, 3.63) is 22.3 Å². The molecule has 0 radical (unpaired) electrons. The predicted octanol–water partition coefficient (Wildman–Crippen LogP) is 4.39. The first kappa shape index (κ1) is 12.9. The Morgan fingerprint density at radius 3 is 2.88 bits per heavy atom. The molecule has 0 amide bonds. The van der Waals surface area contributed by atoms with Crippen LogP contribution in [-0.2, 0) is 0 Å². The summed E-state index contributed by atoms with van der Waals surface area (Å²) in [6.07, 6.45) is 5.82. The summed E-state index contributed by atoms with van der Waals surface area (Å²) < 4.78 is 1.10. The minimum absolute atomic E-state index is 0.560. The zero-order chi connectivity index (χ0) is 12.4. The van der Waals surface area contributed by atoms with Crippen molar-refractivity contribution >= 4 is 21.7 Å². The SMILES string of the molecule is Cc1ccnc(NC2CCCC(C)C2C)c1Br. The Bertz CT molecular complexity index is 392. The van der Waals surface area contributed by atoms with Crippen LogP contribution >= 0.6 is 15.9 Å². The first-order valence-electron chi connectivity index (χ1n) is 6.47. The lowest BCUT2D eigenvalue weighted by Gasteiger charge is -2.35. The molecule has 2 rings (SSSR count). The van der Waals surface area contributed by atoms with Gasteiger partial charge in [0, 0.05) is 12.2 Å². The van der Waals surface area contributed by atoms with Gasteiger partial charge in [-0.25, -0.2) is 4.98 Å². The summed E-state index contributed by atoms with van der Waals surface area (Å²) in [6.45, 7) is 6.81. The number of halogens is 1. The highest BCUT2D eigenvalue weighted by Crippen LogP contribution is 2.33. The molecule has 1 aromatic heterocycles. The topological polar surface area (TPSA) is 24.9 Å². The van der Waals surface area contributed by atoms with Crippen LogP contribution in [0.2, 0.25) is 0 Å². The van der Waals surface area contributed by atoms with Gasteiger partial charge in [0.15, 0.2) is 0 Å². The first-order chi connectivity index (χ1) is 8.09. The molecular weight excluding hydrogens is 276 g/mol. The summed E-state index contributed by atoms with van der Waals surface area (Å²) in [7, 11) is 0. The second-order valence-electron chi connectivity index (χ2n) is 5.31. The van der Waals surface area contributed by atoms with E-state index in [0.29, 0.717) is 6.04 Å². The smallest absolute Gasteiger partial charge is 0.140 e. The lowest BCUT2D eigenvalue weighted by molar-refractivity contribution is 0.253. The van der Waals surface area contributed by atoms with Crippen LogP contribution in [0, 0.1) is 18.8 Å². The maximum Gasteiger partial charge on any atom is 0.140 e. The summed E-state index contributed by atoms with van der Waals surface area (Å²) in [5, 5.41) is 3.61. The molecule has 0 aliphatic heterocycles. The van der Waals surface area contributed by atoms with Crippen molar-refractivity contribution in [2.45, 2.75) is 46.1 Å². The standard InChI is InChI=1S/C14H21BrN2/c1-9-5-4-6-12(11(9)3)17-14-13(15)10(2)7-8-16-14/h7-9,11-12H,4-6H2,1-3H3,(H,16,17). The van der Waals surface area contributed by atoms with Crippen molar-refractivity contribution in [3.8, 4) is 0 Å². The van der Waals surface area contributed by atoms with E-state index in [0.717, 1.165) is 22.1 Å². The van der Waals surface area contributed by atoms with E-state index in [2.05, 4.69) is 47.0 Å². The van der Waals surface area contributed by atoms with Crippen molar-refractivity contribution in [3.63, 3.8) is 0 Å². The quantitative estimate of drug-likeness (QED) is 0.875. The summed E-state index contributed by atoms with van der Waals surface area (Å²) >= 11 is 3.62. The van der Waals surface area contributed by atoms with E-state index in [4.69, 9.17) is 0 Å². The zero-order valence-electron chi connectivity index (χ0n) is 10.8.